The molecule has 8 nitrogen and oxygen atoms in total. The minimum Gasteiger partial charge on any atom is -0.374 e. The van der Waals surface area contributed by atoms with Gasteiger partial charge in [-0.2, -0.15) is 0 Å². The van der Waals surface area contributed by atoms with Crippen molar-refractivity contribution in [3.05, 3.63) is 41.5 Å². The summed E-state index contributed by atoms with van der Waals surface area (Å²) >= 11 is 0. The second-order valence-corrected chi connectivity index (χ2v) is 6.36. The molecule has 3 rings (SSSR count). The molecule has 0 saturated carbocycles. The monoisotopic (exact) mass is 344 g/mol. The van der Waals surface area contributed by atoms with Gasteiger partial charge in [-0.15, -0.1) is 5.10 Å². The molecule has 0 saturated heterocycles. The summed E-state index contributed by atoms with van der Waals surface area (Å²) in [7, 11) is 4.02. The van der Waals surface area contributed by atoms with Crippen LogP contribution >= 0.6 is 0 Å². The minimum atomic E-state index is -0.0604. The third-order valence-corrected chi connectivity index (χ3v) is 4.15. The molecular weight excluding hydrogens is 320 g/mol. The summed E-state index contributed by atoms with van der Waals surface area (Å²) < 4.78 is 7.59. The molecule has 2 aromatic heterocycles. The molecule has 0 spiro atoms. The quantitative estimate of drug-likeness (QED) is 0.722. The lowest BCUT2D eigenvalue weighted by Crippen LogP contribution is -2.31. The van der Waals surface area contributed by atoms with E-state index in [1.165, 1.54) is 0 Å². The Kier molecular flexibility index (Phi) is 5.72. The Morgan fingerprint density at radius 2 is 2.20 bits per heavy atom. The van der Waals surface area contributed by atoms with Crippen LogP contribution in [0, 0.1) is 0 Å². The molecule has 0 aromatic carbocycles. The predicted octanol–water partition coefficient (Wildman–Crippen LogP) is 0.797. The highest BCUT2D eigenvalue weighted by molar-refractivity contribution is 5.92. The van der Waals surface area contributed by atoms with Crippen LogP contribution in [-0.2, 0) is 24.4 Å². The molecule has 1 aliphatic rings. The first kappa shape index (κ1) is 17.5. The highest BCUT2D eigenvalue weighted by Crippen LogP contribution is 2.17. The Hall–Kier alpha value is -2.32. The van der Waals surface area contributed by atoms with Crippen LogP contribution in [-0.4, -0.2) is 69.5 Å². The second-order valence-electron chi connectivity index (χ2n) is 6.36. The van der Waals surface area contributed by atoms with Crippen molar-refractivity contribution in [1.29, 1.82) is 0 Å². The zero-order valence-corrected chi connectivity index (χ0v) is 14.8. The number of likely N-dealkylation sites (N-methyl/N-ethyl adjacent to an activating group) is 1. The topological polar surface area (TPSA) is 76.4 Å². The Bertz CT molecular complexity index is 700. The van der Waals surface area contributed by atoms with E-state index in [9.17, 15) is 4.79 Å². The first-order valence-electron chi connectivity index (χ1n) is 8.49. The van der Waals surface area contributed by atoms with E-state index in [1.54, 1.807) is 18.3 Å². The van der Waals surface area contributed by atoms with Gasteiger partial charge in [-0.25, -0.2) is 4.68 Å². The molecule has 2 aromatic rings. The number of aromatic nitrogens is 4. The molecule has 25 heavy (non-hydrogen) atoms. The van der Waals surface area contributed by atoms with Crippen molar-refractivity contribution < 1.29 is 9.53 Å². The van der Waals surface area contributed by atoms with Gasteiger partial charge in [0, 0.05) is 25.8 Å². The van der Waals surface area contributed by atoms with Gasteiger partial charge in [0.1, 0.15) is 11.4 Å². The first-order chi connectivity index (χ1) is 12.1. The fourth-order valence-corrected chi connectivity index (χ4v) is 2.75. The average molecular weight is 344 g/mol. The van der Waals surface area contributed by atoms with Gasteiger partial charge < -0.3 is 14.5 Å². The Morgan fingerprint density at radius 3 is 2.96 bits per heavy atom. The maximum absolute atomic E-state index is 12.7. The summed E-state index contributed by atoms with van der Waals surface area (Å²) in [6, 6.07) is 5.38. The number of hydrogen-bond acceptors (Lipinski definition) is 6. The number of carbonyl (C=O) groups is 1. The molecule has 1 aliphatic heterocycles. The van der Waals surface area contributed by atoms with Gasteiger partial charge in [0.2, 0.25) is 0 Å². The van der Waals surface area contributed by atoms with Crippen molar-refractivity contribution in [3.8, 4) is 0 Å². The van der Waals surface area contributed by atoms with Gasteiger partial charge in [-0.05, 0) is 32.6 Å². The fraction of sp³-hybridized carbons (Fsp3) is 0.529. The van der Waals surface area contributed by atoms with Crippen LogP contribution in [0.3, 0.4) is 0 Å². The van der Waals surface area contributed by atoms with Gasteiger partial charge in [0.15, 0.2) is 0 Å². The van der Waals surface area contributed by atoms with Crippen LogP contribution in [0.4, 0.5) is 0 Å². The molecule has 8 heteroatoms. The normalized spacial score (nSPS) is 14.4. The standard InChI is InChI=1S/C17H24N6O2/c1-21(2)10-11-25-13-15-16-12-22(8-5-9-23(16)20-19-15)17(24)14-6-3-4-7-18-14/h3-4,6-7H,5,8-13H2,1-2H3. The number of hydrogen-bond donors (Lipinski definition) is 0. The van der Waals surface area contributed by atoms with E-state index in [2.05, 4.69) is 20.2 Å². The summed E-state index contributed by atoms with van der Waals surface area (Å²) in [6.07, 6.45) is 2.48. The lowest BCUT2D eigenvalue weighted by Gasteiger charge is -2.20. The Labute approximate surface area is 147 Å². The van der Waals surface area contributed by atoms with Crippen LogP contribution in [0.5, 0.6) is 0 Å². The molecule has 3 heterocycles. The molecule has 0 radical (unpaired) electrons. The third-order valence-electron chi connectivity index (χ3n) is 4.15. The van der Waals surface area contributed by atoms with Gasteiger partial charge in [0.25, 0.3) is 5.91 Å². The SMILES string of the molecule is CN(C)CCOCc1nnn2c1CN(C(=O)c1ccccn1)CCC2. The first-order valence-corrected chi connectivity index (χ1v) is 8.49. The van der Waals surface area contributed by atoms with Crippen LogP contribution in [0.25, 0.3) is 0 Å². The lowest BCUT2D eigenvalue weighted by molar-refractivity contribution is 0.0735. The number of fused-ring (bicyclic) bond motifs is 1. The number of amides is 1. The molecule has 0 aliphatic carbocycles. The summed E-state index contributed by atoms with van der Waals surface area (Å²) in [6.45, 7) is 3.82. The van der Waals surface area contributed by atoms with Crippen molar-refractivity contribution in [2.24, 2.45) is 0 Å². The van der Waals surface area contributed by atoms with E-state index in [0.29, 0.717) is 32.0 Å². The van der Waals surface area contributed by atoms with Gasteiger partial charge in [-0.3, -0.25) is 9.78 Å². The second kappa shape index (κ2) is 8.17. The van der Waals surface area contributed by atoms with E-state index < -0.39 is 0 Å². The molecule has 134 valence electrons. The van der Waals surface area contributed by atoms with Crippen LogP contribution in [0.15, 0.2) is 24.4 Å². The Balaban J connectivity index is 1.69. The van der Waals surface area contributed by atoms with E-state index in [1.807, 2.05) is 29.7 Å². The van der Waals surface area contributed by atoms with Crippen molar-refractivity contribution in [3.63, 3.8) is 0 Å². The fourth-order valence-electron chi connectivity index (χ4n) is 2.75. The summed E-state index contributed by atoms with van der Waals surface area (Å²) in [5, 5.41) is 8.46. The van der Waals surface area contributed by atoms with Crippen molar-refractivity contribution in [2.45, 2.75) is 26.1 Å². The highest BCUT2D eigenvalue weighted by atomic mass is 16.5. The van der Waals surface area contributed by atoms with Crippen molar-refractivity contribution >= 4 is 5.91 Å². The van der Waals surface area contributed by atoms with Gasteiger partial charge >= 0.3 is 0 Å². The molecule has 0 unspecified atom stereocenters. The van der Waals surface area contributed by atoms with Crippen LogP contribution in [0.2, 0.25) is 0 Å². The van der Waals surface area contributed by atoms with E-state index >= 15 is 0 Å². The van der Waals surface area contributed by atoms with Crippen LogP contribution < -0.4 is 0 Å². The van der Waals surface area contributed by atoms with E-state index in [0.717, 1.165) is 30.9 Å². The smallest absolute Gasteiger partial charge is 0.272 e. The maximum Gasteiger partial charge on any atom is 0.272 e. The highest BCUT2D eigenvalue weighted by Gasteiger charge is 2.24. The molecule has 0 bridgehead atoms. The van der Waals surface area contributed by atoms with E-state index in [4.69, 9.17) is 4.74 Å². The summed E-state index contributed by atoms with van der Waals surface area (Å²) in [5.74, 6) is -0.0604. The number of nitrogens with zero attached hydrogens (tertiary/aromatic N) is 6. The third kappa shape index (κ3) is 4.40. The number of ether oxygens (including phenoxy) is 1. The van der Waals surface area contributed by atoms with E-state index in [-0.39, 0.29) is 5.91 Å². The number of rotatable bonds is 6. The minimum absolute atomic E-state index is 0.0604. The number of aryl methyl sites for hydroxylation is 1. The molecule has 0 fully saturated rings. The number of carbonyl (C=O) groups excluding carboxylic acids is 1. The molecule has 1 amide bonds. The van der Waals surface area contributed by atoms with Crippen molar-refractivity contribution in [2.75, 3.05) is 33.8 Å². The van der Waals surface area contributed by atoms with Gasteiger partial charge in [0.05, 0.1) is 25.5 Å². The molecule has 0 N–H and O–H groups in total. The average Bonchev–Trinajstić information content (AvgIpc) is 2.86. The lowest BCUT2D eigenvalue weighted by atomic mass is 10.2. The zero-order valence-electron chi connectivity index (χ0n) is 14.8. The molecule has 0 atom stereocenters. The summed E-state index contributed by atoms with van der Waals surface area (Å²) in [4.78, 5) is 20.8. The zero-order chi connectivity index (χ0) is 17.6. The Morgan fingerprint density at radius 1 is 1.32 bits per heavy atom. The predicted molar refractivity (Wildman–Crippen MR) is 91.8 cm³/mol. The number of pyridine rings is 1. The maximum atomic E-state index is 12.7. The summed E-state index contributed by atoms with van der Waals surface area (Å²) in [5.41, 5.74) is 2.22. The van der Waals surface area contributed by atoms with Crippen molar-refractivity contribution in [1.82, 2.24) is 29.8 Å². The van der Waals surface area contributed by atoms with Crippen LogP contribution in [0.1, 0.15) is 28.3 Å². The van der Waals surface area contributed by atoms with Gasteiger partial charge in [-0.1, -0.05) is 11.3 Å². The largest absolute Gasteiger partial charge is 0.374 e. The molecular formula is C17H24N6O2.